The summed E-state index contributed by atoms with van der Waals surface area (Å²) >= 11 is 0. The minimum atomic E-state index is 1.04. The molecule has 13 heavy (non-hydrogen) atoms. The van der Waals surface area contributed by atoms with E-state index in [1.807, 2.05) is 4.68 Å². The normalized spacial score (nSPS) is 10.6. The molecule has 1 aromatic heterocycles. The van der Waals surface area contributed by atoms with Crippen LogP contribution in [0.3, 0.4) is 0 Å². The second-order valence-electron chi connectivity index (χ2n) is 3.38. The van der Waals surface area contributed by atoms with Crippen molar-refractivity contribution in [2.45, 2.75) is 45.6 Å². The number of rotatable bonds is 6. The Hall–Kier alpha value is -0.790. The first kappa shape index (κ1) is 10.3. The Bertz CT molecular complexity index is 228. The molecule has 1 heterocycles. The lowest BCUT2D eigenvalue weighted by Gasteiger charge is -1.97. The molecule has 0 bridgehead atoms. The molecular formula is C11H19N2. The third-order valence-electron chi connectivity index (χ3n) is 2.08. The van der Waals surface area contributed by atoms with Crippen molar-refractivity contribution in [3.8, 4) is 0 Å². The van der Waals surface area contributed by atoms with Gasteiger partial charge in [-0.2, -0.15) is 5.10 Å². The van der Waals surface area contributed by atoms with Crippen molar-refractivity contribution in [2.75, 3.05) is 0 Å². The van der Waals surface area contributed by atoms with Crippen LogP contribution in [-0.2, 0) is 13.0 Å². The van der Waals surface area contributed by atoms with Gasteiger partial charge in [0.2, 0.25) is 0 Å². The maximum Gasteiger partial charge on any atom is 0.0624 e. The van der Waals surface area contributed by atoms with E-state index in [2.05, 4.69) is 31.2 Å². The summed E-state index contributed by atoms with van der Waals surface area (Å²) in [5.41, 5.74) is 1.22. The lowest BCUT2D eigenvalue weighted by molar-refractivity contribution is 0.589. The van der Waals surface area contributed by atoms with E-state index in [1.54, 1.807) is 0 Å². The average molecular weight is 179 g/mol. The maximum atomic E-state index is 4.47. The minimum Gasteiger partial charge on any atom is -0.273 e. The average Bonchev–Trinajstić information content (AvgIpc) is 2.54. The molecule has 0 aliphatic carbocycles. The summed E-state index contributed by atoms with van der Waals surface area (Å²) in [5.74, 6) is 0. The van der Waals surface area contributed by atoms with Gasteiger partial charge in [0, 0.05) is 12.7 Å². The summed E-state index contributed by atoms with van der Waals surface area (Å²) in [5, 5.41) is 4.47. The van der Waals surface area contributed by atoms with Crippen LogP contribution in [-0.4, -0.2) is 9.78 Å². The summed E-state index contributed by atoms with van der Waals surface area (Å²) in [6.07, 6.45) is 7.79. The molecule has 0 aliphatic rings. The fourth-order valence-corrected chi connectivity index (χ4v) is 1.37. The highest BCUT2D eigenvalue weighted by Gasteiger charge is 1.97. The highest BCUT2D eigenvalue weighted by molar-refractivity contribution is 4.98. The molecule has 0 aromatic carbocycles. The Morgan fingerprint density at radius 1 is 1.46 bits per heavy atom. The third-order valence-corrected chi connectivity index (χ3v) is 2.08. The second-order valence-corrected chi connectivity index (χ2v) is 3.38. The van der Waals surface area contributed by atoms with Gasteiger partial charge in [-0.25, -0.2) is 0 Å². The van der Waals surface area contributed by atoms with Gasteiger partial charge in [0.1, 0.15) is 0 Å². The summed E-state index contributed by atoms with van der Waals surface area (Å²) in [6, 6.07) is 2.12. The summed E-state index contributed by atoms with van der Waals surface area (Å²) in [6.45, 7) is 7.03. The standard InChI is InChI=1S/C11H19N2/c1-3-5-6-7-11-8-10-13(12-11)9-4-2/h8,10H,1,3-7,9H2,2H3. The number of unbranched alkanes of at least 4 members (excludes halogenated alkanes) is 2. The van der Waals surface area contributed by atoms with Crippen molar-refractivity contribution in [3.63, 3.8) is 0 Å². The molecule has 0 unspecified atom stereocenters. The highest BCUT2D eigenvalue weighted by atomic mass is 15.3. The van der Waals surface area contributed by atoms with E-state index in [1.165, 1.54) is 18.5 Å². The van der Waals surface area contributed by atoms with Gasteiger partial charge in [0.15, 0.2) is 0 Å². The Morgan fingerprint density at radius 2 is 2.31 bits per heavy atom. The van der Waals surface area contributed by atoms with Crippen molar-refractivity contribution in [2.24, 2.45) is 0 Å². The van der Waals surface area contributed by atoms with Gasteiger partial charge in [-0.1, -0.05) is 26.7 Å². The van der Waals surface area contributed by atoms with Crippen molar-refractivity contribution in [1.29, 1.82) is 0 Å². The topological polar surface area (TPSA) is 17.8 Å². The molecule has 0 N–H and O–H groups in total. The Labute approximate surface area is 81.0 Å². The molecule has 1 rings (SSSR count). The van der Waals surface area contributed by atoms with Crippen molar-refractivity contribution >= 4 is 0 Å². The predicted octanol–water partition coefficient (Wildman–Crippen LogP) is 2.84. The molecule has 73 valence electrons. The second kappa shape index (κ2) is 5.79. The molecule has 1 radical (unpaired) electrons. The van der Waals surface area contributed by atoms with Crippen LogP contribution in [0.4, 0.5) is 0 Å². The van der Waals surface area contributed by atoms with Crippen LogP contribution in [0.5, 0.6) is 0 Å². The molecule has 0 amide bonds. The molecule has 0 fully saturated rings. The van der Waals surface area contributed by atoms with Gasteiger partial charge >= 0.3 is 0 Å². The van der Waals surface area contributed by atoms with Crippen LogP contribution in [0.2, 0.25) is 0 Å². The van der Waals surface area contributed by atoms with Gasteiger partial charge in [0.05, 0.1) is 5.69 Å². The number of hydrogen-bond donors (Lipinski definition) is 0. The molecule has 0 spiro atoms. The van der Waals surface area contributed by atoms with E-state index < -0.39 is 0 Å². The van der Waals surface area contributed by atoms with Gasteiger partial charge < -0.3 is 0 Å². The highest BCUT2D eigenvalue weighted by Crippen LogP contribution is 2.04. The molecule has 0 atom stereocenters. The van der Waals surface area contributed by atoms with Gasteiger partial charge in [-0.15, -0.1) is 0 Å². The maximum absolute atomic E-state index is 4.47. The van der Waals surface area contributed by atoms with E-state index >= 15 is 0 Å². The molecule has 2 heteroatoms. The Balaban J connectivity index is 2.31. The van der Waals surface area contributed by atoms with Crippen LogP contribution in [0.1, 0.15) is 38.3 Å². The largest absolute Gasteiger partial charge is 0.273 e. The number of hydrogen-bond acceptors (Lipinski definition) is 1. The smallest absolute Gasteiger partial charge is 0.0624 e. The fraction of sp³-hybridized carbons (Fsp3) is 0.636. The van der Waals surface area contributed by atoms with Crippen molar-refractivity contribution in [3.05, 3.63) is 24.9 Å². The zero-order valence-corrected chi connectivity index (χ0v) is 8.50. The van der Waals surface area contributed by atoms with Crippen LogP contribution in [0.15, 0.2) is 12.3 Å². The number of nitrogens with zero attached hydrogens (tertiary/aromatic N) is 2. The minimum absolute atomic E-state index is 1.04. The zero-order valence-electron chi connectivity index (χ0n) is 8.50. The van der Waals surface area contributed by atoms with Gasteiger partial charge in [-0.05, 0) is 25.3 Å². The molecule has 0 saturated heterocycles. The molecule has 2 nitrogen and oxygen atoms in total. The number of aromatic nitrogens is 2. The molecule has 0 aliphatic heterocycles. The quantitative estimate of drug-likeness (QED) is 0.614. The van der Waals surface area contributed by atoms with Crippen molar-refractivity contribution < 1.29 is 0 Å². The van der Waals surface area contributed by atoms with Crippen molar-refractivity contribution in [1.82, 2.24) is 9.78 Å². The third kappa shape index (κ3) is 3.62. The van der Waals surface area contributed by atoms with Gasteiger partial charge in [0.25, 0.3) is 0 Å². The lowest BCUT2D eigenvalue weighted by Crippen LogP contribution is -1.98. The monoisotopic (exact) mass is 179 g/mol. The molecule has 0 saturated carbocycles. The van der Waals surface area contributed by atoms with E-state index in [4.69, 9.17) is 0 Å². The van der Waals surface area contributed by atoms with E-state index in [0.717, 1.165) is 25.8 Å². The van der Waals surface area contributed by atoms with E-state index in [0.29, 0.717) is 0 Å². The molecule has 1 aromatic rings. The zero-order chi connectivity index (χ0) is 9.52. The first-order chi connectivity index (χ1) is 6.36. The first-order valence-electron chi connectivity index (χ1n) is 5.18. The predicted molar refractivity (Wildman–Crippen MR) is 55.4 cm³/mol. The lowest BCUT2D eigenvalue weighted by atomic mass is 10.2. The SMILES string of the molecule is [CH2]CCCCc1ccn(CCC)n1. The van der Waals surface area contributed by atoms with Crippen LogP contribution < -0.4 is 0 Å². The molecular weight excluding hydrogens is 160 g/mol. The van der Waals surface area contributed by atoms with E-state index in [9.17, 15) is 0 Å². The van der Waals surface area contributed by atoms with E-state index in [-0.39, 0.29) is 0 Å². The van der Waals surface area contributed by atoms with Gasteiger partial charge in [-0.3, -0.25) is 4.68 Å². The number of aryl methyl sites for hydroxylation is 2. The van der Waals surface area contributed by atoms with Crippen LogP contribution in [0.25, 0.3) is 0 Å². The Morgan fingerprint density at radius 3 is 3.00 bits per heavy atom. The fourth-order valence-electron chi connectivity index (χ4n) is 1.37. The Kier molecular flexibility index (Phi) is 4.58. The van der Waals surface area contributed by atoms with Crippen LogP contribution in [0, 0.1) is 6.92 Å². The summed E-state index contributed by atoms with van der Waals surface area (Å²) in [7, 11) is 0. The summed E-state index contributed by atoms with van der Waals surface area (Å²) in [4.78, 5) is 0. The van der Waals surface area contributed by atoms with Crippen LogP contribution >= 0.6 is 0 Å². The first-order valence-corrected chi connectivity index (χ1v) is 5.18. The summed E-state index contributed by atoms with van der Waals surface area (Å²) < 4.78 is 2.03.